The van der Waals surface area contributed by atoms with E-state index in [2.05, 4.69) is 10.3 Å². The molecule has 0 saturated carbocycles. The fraction of sp³-hybridized carbons (Fsp3) is 0.211. The van der Waals surface area contributed by atoms with Gasteiger partial charge in [-0.05, 0) is 30.7 Å². The number of nitrogens with one attached hydrogen (secondary N) is 1. The van der Waals surface area contributed by atoms with Crippen molar-refractivity contribution >= 4 is 40.5 Å². The molecule has 0 spiro atoms. The lowest BCUT2D eigenvalue weighted by Crippen LogP contribution is -2.43. The monoisotopic (exact) mass is 369 g/mol. The Labute approximate surface area is 154 Å². The Kier molecular flexibility index (Phi) is 4.12. The van der Waals surface area contributed by atoms with E-state index in [0.717, 1.165) is 11.0 Å². The number of amides is 1. The number of hydrogen-bond acceptors (Lipinski definition) is 4. The Bertz CT molecular complexity index is 1010. The number of nitrogens with zero attached hydrogens (tertiary/aromatic N) is 2. The molecule has 0 unspecified atom stereocenters. The van der Waals surface area contributed by atoms with Crippen molar-refractivity contribution in [1.29, 1.82) is 0 Å². The number of anilines is 1. The fourth-order valence-electron chi connectivity index (χ4n) is 3.40. The molecule has 3 aromatic rings. The van der Waals surface area contributed by atoms with Crippen LogP contribution in [-0.2, 0) is 14.3 Å². The summed E-state index contributed by atoms with van der Waals surface area (Å²) in [6, 6.07) is 14.1. The molecule has 1 N–H and O–H groups in total. The fourth-order valence-corrected chi connectivity index (χ4v) is 3.64. The first-order chi connectivity index (χ1) is 12.6. The van der Waals surface area contributed by atoms with E-state index in [1.165, 1.54) is 0 Å². The van der Waals surface area contributed by atoms with Crippen molar-refractivity contribution in [2.24, 2.45) is 5.92 Å². The molecule has 1 aliphatic rings. The van der Waals surface area contributed by atoms with Gasteiger partial charge in [0.15, 0.2) is 5.92 Å². The summed E-state index contributed by atoms with van der Waals surface area (Å²) in [5, 5.41) is 3.20. The second kappa shape index (κ2) is 6.46. The van der Waals surface area contributed by atoms with E-state index in [1.54, 1.807) is 19.1 Å². The molecule has 132 valence electrons. The average Bonchev–Trinajstić information content (AvgIpc) is 2.99. The Morgan fingerprint density at radius 1 is 1.23 bits per heavy atom. The summed E-state index contributed by atoms with van der Waals surface area (Å²) in [5.74, 6) is -1.70. The molecule has 1 aromatic heterocycles. The normalized spacial score (nSPS) is 19.1. The Hall–Kier alpha value is -2.86. The maximum Gasteiger partial charge on any atom is 0.321 e. The minimum absolute atomic E-state index is 0.190. The third kappa shape index (κ3) is 2.54. The van der Waals surface area contributed by atoms with Crippen molar-refractivity contribution in [3.05, 3.63) is 59.1 Å². The first-order valence-corrected chi connectivity index (χ1v) is 8.68. The quantitative estimate of drug-likeness (QED) is 0.567. The van der Waals surface area contributed by atoms with Gasteiger partial charge in [-0.1, -0.05) is 41.9 Å². The molecule has 0 fully saturated rings. The summed E-state index contributed by atoms with van der Waals surface area (Å²) < 4.78 is 7.02. The van der Waals surface area contributed by atoms with Crippen LogP contribution >= 0.6 is 11.6 Å². The lowest BCUT2D eigenvalue weighted by Gasteiger charge is -2.32. The molecule has 7 heteroatoms. The molecular formula is C19H16ClN3O3. The Balaban J connectivity index is 1.99. The maximum absolute atomic E-state index is 12.7. The number of hydrogen-bond donors (Lipinski definition) is 1. The number of imidazole rings is 1. The zero-order valence-electron chi connectivity index (χ0n) is 14.0. The summed E-state index contributed by atoms with van der Waals surface area (Å²) in [5.41, 5.74) is 2.21. The minimum Gasteiger partial charge on any atom is -0.465 e. The molecule has 0 saturated heterocycles. The van der Waals surface area contributed by atoms with Gasteiger partial charge in [0.05, 0.1) is 23.7 Å². The standard InChI is InChI=1S/C19H16ClN3O3/c1-2-26-18(25)15-16(11-7-3-4-8-12(11)20)23-14-10-6-5-9-13(14)21-19(23)22-17(15)24/h3-10,15-16H,2H2,1H3,(H,21,22,24)/t15-,16-/m0/s1. The van der Waals surface area contributed by atoms with Crippen LogP contribution in [0.4, 0.5) is 5.95 Å². The van der Waals surface area contributed by atoms with Gasteiger partial charge in [0.2, 0.25) is 11.9 Å². The highest BCUT2D eigenvalue weighted by Gasteiger charge is 2.44. The molecular weight excluding hydrogens is 354 g/mol. The molecule has 6 nitrogen and oxygen atoms in total. The molecule has 2 heterocycles. The van der Waals surface area contributed by atoms with Gasteiger partial charge in [-0.15, -0.1) is 0 Å². The average molecular weight is 370 g/mol. The molecule has 1 aliphatic heterocycles. The molecule has 1 amide bonds. The number of ether oxygens (including phenoxy) is 1. The van der Waals surface area contributed by atoms with Crippen molar-refractivity contribution in [3.63, 3.8) is 0 Å². The number of aromatic nitrogens is 2. The van der Waals surface area contributed by atoms with Crippen LogP contribution in [0.15, 0.2) is 48.5 Å². The minimum atomic E-state index is -1.06. The molecule has 0 bridgehead atoms. The van der Waals surface area contributed by atoms with Crippen molar-refractivity contribution in [2.75, 3.05) is 11.9 Å². The van der Waals surface area contributed by atoms with Gasteiger partial charge in [0, 0.05) is 5.02 Å². The molecule has 2 aromatic carbocycles. The van der Waals surface area contributed by atoms with Crippen LogP contribution in [0.3, 0.4) is 0 Å². The number of para-hydroxylation sites is 2. The topological polar surface area (TPSA) is 73.2 Å². The third-order valence-electron chi connectivity index (χ3n) is 4.47. The predicted octanol–water partition coefficient (Wildman–Crippen LogP) is 3.41. The van der Waals surface area contributed by atoms with Gasteiger partial charge < -0.3 is 9.30 Å². The van der Waals surface area contributed by atoms with Crippen LogP contribution < -0.4 is 5.32 Å². The van der Waals surface area contributed by atoms with E-state index < -0.39 is 23.8 Å². The lowest BCUT2D eigenvalue weighted by atomic mass is 9.90. The van der Waals surface area contributed by atoms with Crippen LogP contribution in [0.25, 0.3) is 11.0 Å². The number of carbonyl (C=O) groups excluding carboxylic acids is 2. The summed E-state index contributed by atoms with van der Waals surface area (Å²) in [7, 11) is 0. The van der Waals surface area contributed by atoms with E-state index in [-0.39, 0.29) is 6.61 Å². The number of rotatable bonds is 3. The van der Waals surface area contributed by atoms with Crippen molar-refractivity contribution < 1.29 is 14.3 Å². The molecule has 2 atom stereocenters. The zero-order valence-corrected chi connectivity index (χ0v) is 14.7. The van der Waals surface area contributed by atoms with Gasteiger partial charge in [-0.2, -0.15) is 0 Å². The zero-order chi connectivity index (χ0) is 18.3. The first kappa shape index (κ1) is 16.6. The number of fused-ring (bicyclic) bond motifs is 3. The highest BCUT2D eigenvalue weighted by atomic mass is 35.5. The van der Waals surface area contributed by atoms with Gasteiger partial charge >= 0.3 is 5.97 Å². The van der Waals surface area contributed by atoms with Gasteiger partial charge in [0.25, 0.3) is 0 Å². The van der Waals surface area contributed by atoms with E-state index in [4.69, 9.17) is 16.3 Å². The van der Waals surface area contributed by atoms with Crippen molar-refractivity contribution in [2.45, 2.75) is 13.0 Å². The van der Waals surface area contributed by atoms with E-state index in [0.29, 0.717) is 16.5 Å². The van der Waals surface area contributed by atoms with Crippen LogP contribution in [-0.4, -0.2) is 28.0 Å². The molecule has 4 rings (SSSR count). The summed E-state index contributed by atoms with van der Waals surface area (Å²) >= 11 is 6.42. The smallest absolute Gasteiger partial charge is 0.321 e. The van der Waals surface area contributed by atoms with E-state index in [9.17, 15) is 9.59 Å². The first-order valence-electron chi connectivity index (χ1n) is 8.30. The Morgan fingerprint density at radius 2 is 1.96 bits per heavy atom. The highest BCUT2D eigenvalue weighted by Crippen LogP contribution is 2.40. The largest absolute Gasteiger partial charge is 0.465 e. The van der Waals surface area contributed by atoms with Crippen LogP contribution in [0.1, 0.15) is 18.5 Å². The lowest BCUT2D eigenvalue weighted by molar-refractivity contribution is -0.152. The second-order valence-electron chi connectivity index (χ2n) is 5.98. The summed E-state index contributed by atoms with van der Waals surface area (Å²) in [6.45, 7) is 1.90. The van der Waals surface area contributed by atoms with Crippen LogP contribution in [0, 0.1) is 5.92 Å². The van der Waals surface area contributed by atoms with Crippen LogP contribution in [0.5, 0.6) is 0 Å². The maximum atomic E-state index is 12.7. The molecule has 26 heavy (non-hydrogen) atoms. The highest BCUT2D eigenvalue weighted by molar-refractivity contribution is 6.31. The number of carbonyl (C=O) groups is 2. The molecule has 0 aliphatic carbocycles. The van der Waals surface area contributed by atoms with Gasteiger partial charge in [-0.3, -0.25) is 14.9 Å². The van der Waals surface area contributed by atoms with Crippen molar-refractivity contribution in [3.8, 4) is 0 Å². The van der Waals surface area contributed by atoms with E-state index >= 15 is 0 Å². The third-order valence-corrected chi connectivity index (χ3v) is 4.82. The summed E-state index contributed by atoms with van der Waals surface area (Å²) in [4.78, 5) is 29.8. The van der Waals surface area contributed by atoms with Gasteiger partial charge in [-0.25, -0.2) is 4.98 Å². The molecule has 0 radical (unpaired) electrons. The van der Waals surface area contributed by atoms with Crippen LogP contribution in [0.2, 0.25) is 5.02 Å². The predicted molar refractivity (Wildman–Crippen MR) is 98.1 cm³/mol. The van der Waals surface area contributed by atoms with Crippen molar-refractivity contribution in [1.82, 2.24) is 9.55 Å². The number of benzene rings is 2. The van der Waals surface area contributed by atoms with E-state index in [1.807, 2.05) is 41.0 Å². The number of halogens is 1. The Morgan fingerprint density at radius 3 is 2.73 bits per heavy atom. The SMILES string of the molecule is CCOC(=O)[C@@H]1C(=O)Nc2nc3ccccc3n2[C@H]1c1ccccc1Cl. The summed E-state index contributed by atoms with van der Waals surface area (Å²) in [6.07, 6.45) is 0. The van der Waals surface area contributed by atoms with Gasteiger partial charge in [0.1, 0.15) is 0 Å². The second-order valence-corrected chi connectivity index (χ2v) is 6.39. The number of esters is 1.